The van der Waals surface area contributed by atoms with Crippen LogP contribution in [-0.2, 0) is 4.79 Å². The van der Waals surface area contributed by atoms with Gasteiger partial charge in [0.25, 0.3) is 0 Å². The van der Waals surface area contributed by atoms with Gasteiger partial charge in [-0.1, -0.05) is 0 Å². The van der Waals surface area contributed by atoms with Crippen molar-refractivity contribution >= 4 is 5.91 Å². The first-order valence-corrected chi connectivity index (χ1v) is 8.03. The molecular weight excluding hydrogens is 342 g/mol. The normalized spacial score (nSPS) is 17.1. The predicted molar refractivity (Wildman–Crippen MR) is 83.8 cm³/mol. The van der Waals surface area contributed by atoms with Gasteiger partial charge < -0.3 is 15.4 Å². The van der Waals surface area contributed by atoms with Crippen LogP contribution < -0.4 is 15.4 Å². The van der Waals surface area contributed by atoms with Gasteiger partial charge in [-0.25, -0.2) is 4.39 Å². The van der Waals surface area contributed by atoms with E-state index in [0.29, 0.717) is 18.8 Å². The van der Waals surface area contributed by atoms with Crippen LogP contribution in [-0.4, -0.2) is 62.4 Å². The number of rotatable bonds is 7. The molecule has 2 rings (SSSR count). The minimum absolute atomic E-state index is 0.00177. The van der Waals surface area contributed by atoms with E-state index in [2.05, 4.69) is 10.6 Å². The van der Waals surface area contributed by atoms with Gasteiger partial charge in [-0.3, -0.25) is 9.69 Å². The quantitative estimate of drug-likeness (QED) is 0.722. The maximum absolute atomic E-state index is 13.2. The number of nitrogens with one attached hydrogen (secondary N) is 2. The van der Waals surface area contributed by atoms with E-state index in [4.69, 9.17) is 4.74 Å². The smallest absolute Gasteiger partial charge is 0.405 e. The zero-order valence-corrected chi connectivity index (χ0v) is 13.6. The van der Waals surface area contributed by atoms with Gasteiger partial charge in [0, 0.05) is 32.7 Å². The van der Waals surface area contributed by atoms with Crippen LogP contribution in [0.15, 0.2) is 24.3 Å². The number of hydrogen-bond donors (Lipinski definition) is 2. The molecule has 140 valence electrons. The summed E-state index contributed by atoms with van der Waals surface area (Å²) in [5, 5.41) is 5.32. The van der Waals surface area contributed by atoms with E-state index < -0.39 is 30.5 Å². The van der Waals surface area contributed by atoms with Gasteiger partial charge >= 0.3 is 6.18 Å². The van der Waals surface area contributed by atoms with Crippen LogP contribution in [0.5, 0.6) is 5.75 Å². The van der Waals surface area contributed by atoms with Gasteiger partial charge in [-0.15, -0.1) is 0 Å². The summed E-state index contributed by atoms with van der Waals surface area (Å²) in [5.41, 5.74) is 0. The third-order valence-electron chi connectivity index (χ3n) is 3.87. The van der Waals surface area contributed by atoms with Gasteiger partial charge in [0.1, 0.15) is 17.6 Å². The van der Waals surface area contributed by atoms with Crippen LogP contribution in [0, 0.1) is 5.82 Å². The molecule has 2 N–H and O–H groups in total. The first kappa shape index (κ1) is 19.5. The number of piperazine rings is 1. The third-order valence-corrected chi connectivity index (χ3v) is 3.87. The first-order valence-electron chi connectivity index (χ1n) is 8.03. The number of ether oxygens (including phenoxy) is 1. The Kier molecular flexibility index (Phi) is 7.01. The molecule has 1 unspecified atom stereocenters. The molecule has 0 bridgehead atoms. The van der Waals surface area contributed by atoms with Crippen molar-refractivity contribution in [2.45, 2.75) is 18.6 Å². The van der Waals surface area contributed by atoms with Crippen molar-refractivity contribution in [2.24, 2.45) is 0 Å². The lowest BCUT2D eigenvalue weighted by Gasteiger charge is -2.35. The van der Waals surface area contributed by atoms with Crippen molar-refractivity contribution in [3.05, 3.63) is 30.1 Å². The minimum Gasteiger partial charge on any atom is -0.493 e. The second kappa shape index (κ2) is 9.00. The highest BCUT2D eigenvalue weighted by atomic mass is 19.4. The fourth-order valence-corrected chi connectivity index (χ4v) is 2.54. The number of nitrogens with zero attached hydrogens (tertiary/aromatic N) is 1. The molecule has 0 saturated carbocycles. The molecule has 5 nitrogen and oxygen atoms in total. The maximum Gasteiger partial charge on any atom is 0.405 e. The van der Waals surface area contributed by atoms with Crippen LogP contribution in [0.1, 0.15) is 6.42 Å². The third kappa shape index (κ3) is 6.50. The lowest BCUT2D eigenvalue weighted by Crippen LogP contribution is -2.57. The fourth-order valence-electron chi connectivity index (χ4n) is 2.54. The summed E-state index contributed by atoms with van der Waals surface area (Å²) in [6.45, 7) is 1.07. The Hall–Kier alpha value is -1.87. The highest BCUT2D eigenvalue weighted by molar-refractivity contribution is 5.76. The van der Waals surface area contributed by atoms with E-state index in [1.807, 2.05) is 0 Å². The average Bonchev–Trinajstić information content (AvgIpc) is 2.56. The molecule has 1 aromatic rings. The van der Waals surface area contributed by atoms with Crippen molar-refractivity contribution in [3.63, 3.8) is 0 Å². The monoisotopic (exact) mass is 363 g/mol. The van der Waals surface area contributed by atoms with Crippen LogP contribution in [0.25, 0.3) is 0 Å². The van der Waals surface area contributed by atoms with Crippen LogP contribution in [0.2, 0.25) is 0 Å². The van der Waals surface area contributed by atoms with Crippen LogP contribution in [0.3, 0.4) is 0 Å². The number of halogens is 4. The summed E-state index contributed by atoms with van der Waals surface area (Å²) >= 11 is 0. The zero-order chi connectivity index (χ0) is 18.3. The molecule has 1 amide bonds. The number of alkyl halides is 3. The van der Waals surface area contributed by atoms with E-state index >= 15 is 0 Å². The molecule has 0 aromatic heterocycles. The van der Waals surface area contributed by atoms with Crippen molar-refractivity contribution < 1.29 is 27.1 Å². The molecule has 1 heterocycles. The Labute approximate surface area is 143 Å². The molecule has 1 aromatic carbocycles. The summed E-state index contributed by atoms with van der Waals surface area (Å²) < 4.78 is 57.6. The van der Waals surface area contributed by atoms with Crippen molar-refractivity contribution in [1.82, 2.24) is 15.5 Å². The molecule has 0 radical (unpaired) electrons. The van der Waals surface area contributed by atoms with E-state index in [9.17, 15) is 22.4 Å². The number of carbonyl (C=O) groups excluding carboxylic acids is 1. The number of hydrogen-bond acceptors (Lipinski definition) is 4. The summed E-state index contributed by atoms with van der Waals surface area (Å²) in [6, 6.07) is 3.57. The second-order valence-corrected chi connectivity index (χ2v) is 5.70. The van der Waals surface area contributed by atoms with E-state index in [0.717, 1.165) is 0 Å². The molecule has 9 heteroatoms. The molecule has 25 heavy (non-hydrogen) atoms. The first-order chi connectivity index (χ1) is 11.9. The van der Waals surface area contributed by atoms with Gasteiger partial charge in [-0.2, -0.15) is 13.2 Å². The molecule has 1 saturated heterocycles. The van der Waals surface area contributed by atoms with Crippen LogP contribution in [0.4, 0.5) is 17.6 Å². The molecule has 1 aliphatic rings. The second-order valence-electron chi connectivity index (χ2n) is 5.70. The number of benzene rings is 1. The molecule has 1 aliphatic heterocycles. The number of carbonyl (C=O) groups is 1. The Morgan fingerprint density at radius 3 is 2.48 bits per heavy atom. The summed E-state index contributed by atoms with van der Waals surface area (Å²) in [7, 11) is 0. The Balaban J connectivity index is 1.75. The van der Waals surface area contributed by atoms with Gasteiger partial charge in [-0.05, 0) is 24.3 Å². The summed E-state index contributed by atoms with van der Waals surface area (Å²) in [5.74, 6) is -0.536. The Morgan fingerprint density at radius 2 is 1.88 bits per heavy atom. The van der Waals surface area contributed by atoms with E-state index in [-0.39, 0.29) is 26.1 Å². The number of amides is 1. The molecule has 1 fully saturated rings. The Morgan fingerprint density at radius 1 is 1.24 bits per heavy atom. The van der Waals surface area contributed by atoms with Crippen molar-refractivity contribution in [3.8, 4) is 5.75 Å². The lowest BCUT2D eigenvalue weighted by atomic mass is 10.2. The predicted octanol–water partition coefficient (Wildman–Crippen LogP) is 1.55. The van der Waals surface area contributed by atoms with Gasteiger partial charge in [0.2, 0.25) is 5.91 Å². The molecule has 0 aliphatic carbocycles. The largest absolute Gasteiger partial charge is 0.493 e. The molecule has 1 atom stereocenters. The molecular formula is C16H21F4N3O2. The Bertz CT molecular complexity index is 545. The molecule has 0 spiro atoms. The summed E-state index contributed by atoms with van der Waals surface area (Å²) in [4.78, 5) is 13.1. The zero-order valence-electron chi connectivity index (χ0n) is 13.6. The van der Waals surface area contributed by atoms with E-state index in [1.54, 1.807) is 0 Å². The minimum atomic E-state index is -4.41. The van der Waals surface area contributed by atoms with Crippen LogP contribution >= 0.6 is 0 Å². The summed E-state index contributed by atoms with van der Waals surface area (Å²) in [6.07, 6.45) is -4.49. The standard InChI is InChI=1S/C16H21F4N3O2/c17-12-1-3-13(4-2-12)25-10-5-15(24)22-11-14(16(18,19)20)23-8-6-21-7-9-23/h1-4,14,21H,5-11H2,(H,22,24). The maximum atomic E-state index is 13.2. The van der Waals surface area contributed by atoms with E-state index in [1.165, 1.54) is 29.2 Å². The van der Waals surface area contributed by atoms with Crippen molar-refractivity contribution in [1.29, 1.82) is 0 Å². The highest BCUT2D eigenvalue weighted by Crippen LogP contribution is 2.24. The topological polar surface area (TPSA) is 53.6 Å². The average molecular weight is 363 g/mol. The SMILES string of the molecule is O=C(CCOc1ccc(F)cc1)NCC(N1CCNCC1)C(F)(F)F. The van der Waals surface area contributed by atoms with Gasteiger partial charge in [0.05, 0.1) is 13.0 Å². The fraction of sp³-hybridized carbons (Fsp3) is 0.562. The van der Waals surface area contributed by atoms with Crippen molar-refractivity contribution in [2.75, 3.05) is 39.3 Å². The van der Waals surface area contributed by atoms with Gasteiger partial charge in [0.15, 0.2) is 0 Å². The highest BCUT2D eigenvalue weighted by Gasteiger charge is 2.43. The lowest BCUT2D eigenvalue weighted by molar-refractivity contribution is -0.184.